The molecule has 0 spiro atoms. The standard InChI is InChI=1S/C39H26N2/c1-2-11-30(12-3-1)41(31-20-18-27(19-21-31)29-10-8-24-40-26-29)32-13-6-9-28(25-32)33-22-23-38-35-15-5-4-14-34(35)37-17-7-16-36(33)39(37)38/h1-26H. The van der Waals surface area contributed by atoms with Gasteiger partial charge in [-0.2, -0.15) is 0 Å². The lowest BCUT2D eigenvalue weighted by Gasteiger charge is -2.26. The summed E-state index contributed by atoms with van der Waals surface area (Å²) in [5.41, 5.74) is 13.4. The average Bonchev–Trinajstić information content (AvgIpc) is 3.38. The molecule has 7 aromatic rings. The first kappa shape index (κ1) is 23.4. The van der Waals surface area contributed by atoms with Gasteiger partial charge in [-0.3, -0.25) is 4.98 Å². The number of benzene rings is 6. The summed E-state index contributed by atoms with van der Waals surface area (Å²) < 4.78 is 0. The lowest BCUT2D eigenvalue weighted by atomic mass is 9.94. The highest BCUT2D eigenvalue weighted by Crippen LogP contribution is 2.49. The van der Waals surface area contributed by atoms with E-state index in [4.69, 9.17) is 0 Å². The maximum absolute atomic E-state index is 4.29. The second kappa shape index (κ2) is 9.62. The summed E-state index contributed by atoms with van der Waals surface area (Å²) in [5, 5.41) is 2.64. The van der Waals surface area contributed by atoms with Crippen LogP contribution >= 0.6 is 0 Å². The van der Waals surface area contributed by atoms with E-state index < -0.39 is 0 Å². The van der Waals surface area contributed by atoms with E-state index in [9.17, 15) is 0 Å². The van der Waals surface area contributed by atoms with Gasteiger partial charge >= 0.3 is 0 Å². The Morgan fingerprint density at radius 2 is 1.02 bits per heavy atom. The lowest BCUT2D eigenvalue weighted by molar-refractivity contribution is 1.28. The molecule has 0 fully saturated rings. The first-order chi connectivity index (χ1) is 20.3. The van der Waals surface area contributed by atoms with Crippen molar-refractivity contribution in [3.63, 3.8) is 0 Å². The minimum absolute atomic E-state index is 1.11. The van der Waals surface area contributed by atoms with Crippen LogP contribution in [0.15, 0.2) is 158 Å². The zero-order valence-electron chi connectivity index (χ0n) is 22.4. The Morgan fingerprint density at radius 3 is 1.80 bits per heavy atom. The van der Waals surface area contributed by atoms with Crippen molar-refractivity contribution in [1.29, 1.82) is 0 Å². The molecule has 0 saturated heterocycles. The van der Waals surface area contributed by atoms with Crippen LogP contribution in [-0.4, -0.2) is 4.98 Å². The van der Waals surface area contributed by atoms with Gasteiger partial charge in [-0.25, -0.2) is 0 Å². The molecule has 192 valence electrons. The highest BCUT2D eigenvalue weighted by Gasteiger charge is 2.22. The van der Waals surface area contributed by atoms with Gasteiger partial charge in [0.1, 0.15) is 0 Å². The molecule has 0 saturated carbocycles. The fourth-order valence-corrected chi connectivity index (χ4v) is 6.23. The molecule has 41 heavy (non-hydrogen) atoms. The topological polar surface area (TPSA) is 16.1 Å². The summed E-state index contributed by atoms with van der Waals surface area (Å²) in [4.78, 5) is 6.62. The summed E-state index contributed by atoms with van der Waals surface area (Å²) in [6, 6.07) is 52.3. The maximum Gasteiger partial charge on any atom is 0.0467 e. The van der Waals surface area contributed by atoms with E-state index in [0.29, 0.717) is 0 Å². The number of pyridine rings is 1. The lowest BCUT2D eigenvalue weighted by Crippen LogP contribution is -2.09. The molecule has 0 radical (unpaired) electrons. The molecule has 2 heteroatoms. The summed E-state index contributed by atoms with van der Waals surface area (Å²) in [6.45, 7) is 0. The van der Waals surface area contributed by atoms with Gasteiger partial charge in [0.15, 0.2) is 0 Å². The maximum atomic E-state index is 4.29. The third-order valence-electron chi connectivity index (χ3n) is 8.10. The van der Waals surface area contributed by atoms with Crippen molar-refractivity contribution in [2.45, 2.75) is 0 Å². The Kier molecular flexibility index (Phi) is 5.49. The Balaban J connectivity index is 1.25. The number of fused-ring (bicyclic) bond motifs is 3. The molecule has 0 amide bonds. The van der Waals surface area contributed by atoms with Crippen LogP contribution in [0.2, 0.25) is 0 Å². The van der Waals surface area contributed by atoms with Crippen molar-refractivity contribution < 1.29 is 0 Å². The predicted molar refractivity (Wildman–Crippen MR) is 172 cm³/mol. The first-order valence-corrected chi connectivity index (χ1v) is 14.0. The van der Waals surface area contributed by atoms with E-state index >= 15 is 0 Å². The quantitative estimate of drug-likeness (QED) is 0.223. The van der Waals surface area contributed by atoms with Crippen LogP contribution in [0, 0.1) is 0 Å². The molecule has 1 aromatic heterocycles. The summed E-state index contributed by atoms with van der Waals surface area (Å²) in [5.74, 6) is 0. The van der Waals surface area contributed by atoms with Gasteiger partial charge in [0, 0.05) is 29.5 Å². The van der Waals surface area contributed by atoms with E-state index in [1.807, 2.05) is 18.5 Å². The van der Waals surface area contributed by atoms with Crippen LogP contribution in [0.5, 0.6) is 0 Å². The van der Waals surface area contributed by atoms with Crippen LogP contribution in [0.25, 0.3) is 55.3 Å². The van der Waals surface area contributed by atoms with E-state index in [1.165, 1.54) is 44.2 Å². The second-order valence-corrected chi connectivity index (χ2v) is 10.4. The molecule has 0 aliphatic heterocycles. The highest BCUT2D eigenvalue weighted by molar-refractivity contribution is 6.18. The van der Waals surface area contributed by atoms with Gasteiger partial charge in [0.05, 0.1) is 0 Å². The highest BCUT2D eigenvalue weighted by atomic mass is 15.1. The number of hydrogen-bond acceptors (Lipinski definition) is 2. The SMILES string of the molecule is c1ccc(N(c2ccc(-c3cccnc3)cc2)c2cccc(-c3ccc4c5c(cccc35)-c3ccccc3-4)c2)cc1. The molecule has 1 aliphatic carbocycles. The molecular formula is C39H26N2. The fourth-order valence-electron chi connectivity index (χ4n) is 6.23. The Morgan fingerprint density at radius 1 is 0.390 bits per heavy atom. The molecule has 2 nitrogen and oxygen atoms in total. The number of anilines is 3. The predicted octanol–water partition coefficient (Wildman–Crippen LogP) is 10.7. The van der Waals surface area contributed by atoms with Gasteiger partial charge < -0.3 is 4.90 Å². The minimum Gasteiger partial charge on any atom is -0.310 e. The number of hydrogen-bond donors (Lipinski definition) is 0. The number of para-hydroxylation sites is 1. The van der Waals surface area contributed by atoms with Crippen molar-refractivity contribution in [1.82, 2.24) is 4.98 Å². The second-order valence-electron chi connectivity index (χ2n) is 10.4. The molecule has 1 heterocycles. The number of aromatic nitrogens is 1. The van der Waals surface area contributed by atoms with Crippen LogP contribution in [0.3, 0.4) is 0 Å². The fraction of sp³-hybridized carbons (Fsp3) is 0. The molecule has 6 aromatic carbocycles. The van der Waals surface area contributed by atoms with Crippen LogP contribution in [0.1, 0.15) is 0 Å². The number of rotatable bonds is 5. The van der Waals surface area contributed by atoms with Gasteiger partial charge in [0.2, 0.25) is 0 Å². The zero-order chi connectivity index (χ0) is 27.2. The molecule has 0 unspecified atom stereocenters. The molecule has 0 N–H and O–H groups in total. The summed E-state index contributed by atoms with van der Waals surface area (Å²) >= 11 is 0. The minimum atomic E-state index is 1.11. The van der Waals surface area contributed by atoms with Crippen molar-refractivity contribution in [2.75, 3.05) is 4.90 Å². The van der Waals surface area contributed by atoms with Crippen molar-refractivity contribution in [3.8, 4) is 44.5 Å². The summed E-state index contributed by atoms with van der Waals surface area (Å²) in [6.07, 6.45) is 3.72. The first-order valence-electron chi connectivity index (χ1n) is 14.0. The van der Waals surface area contributed by atoms with E-state index in [-0.39, 0.29) is 0 Å². The number of nitrogens with zero attached hydrogens (tertiary/aromatic N) is 2. The van der Waals surface area contributed by atoms with Gasteiger partial charge in [0.25, 0.3) is 0 Å². The normalized spacial score (nSPS) is 11.4. The van der Waals surface area contributed by atoms with Crippen LogP contribution < -0.4 is 4.90 Å². The average molecular weight is 523 g/mol. The van der Waals surface area contributed by atoms with Gasteiger partial charge in [-0.1, -0.05) is 103 Å². The molecule has 8 rings (SSSR count). The smallest absolute Gasteiger partial charge is 0.0467 e. The summed E-state index contributed by atoms with van der Waals surface area (Å²) in [7, 11) is 0. The van der Waals surface area contributed by atoms with Crippen molar-refractivity contribution >= 4 is 27.8 Å². The molecule has 0 atom stereocenters. The van der Waals surface area contributed by atoms with E-state index in [1.54, 1.807) is 0 Å². The van der Waals surface area contributed by atoms with Crippen LogP contribution in [-0.2, 0) is 0 Å². The third-order valence-corrected chi connectivity index (χ3v) is 8.10. The molecular weight excluding hydrogens is 496 g/mol. The Labute approximate surface area is 239 Å². The van der Waals surface area contributed by atoms with Crippen molar-refractivity contribution in [3.05, 3.63) is 158 Å². The monoisotopic (exact) mass is 522 g/mol. The van der Waals surface area contributed by atoms with Crippen molar-refractivity contribution in [2.24, 2.45) is 0 Å². The molecule has 0 bridgehead atoms. The molecule has 1 aliphatic rings. The third kappa shape index (κ3) is 3.92. The largest absolute Gasteiger partial charge is 0.310 e. The van der Waals surface area contributed by atoms with Gasteiger partial charge in [-0.15, -0.1) is 0 Å². The van der Waals surface area contributed by atoms with Crippen LogP contribution in [0.4, 0.5) is 17.1 Å². The Hall–Kier alpha value is -5.47. The van der Waals surface area contributed by atoms with E-state index in [2.05, 4.69) is 149 Å². The zero-order valence-corrected chi connectivity index (χ0v) is 22.4. The van der Waals surface area contributed by atoms with E-state index in [0.717, 1.165) is 28.2 Å². The van der Waals surface area contributed by atoms with Gasteiger partial charge in [-0.05, 0) is 97.7 Å². The Bertz CT molecular complexity index is 2000.